The van der Waals surface area contributed by atoms with Crippen LogP contribution in [-0.4, -0.2) is 10.2 Å². The number of hydrogen-bond donors (Lipinski definition) is 1. The van der Waals surface area contributed by atoms with Gasteiger partial charge >= 0.3 is 0 Å². The van der Waals surface area contributed by atoms with Gasteiger partial charge in [0.15, 0.2) is 5.75 Å². The van der Waals surface area contributed by atoms with Gasteiger partial charge in [0.1, 0.15) is 0 Å². The van der Waals surface area contributed by atoms with Crippen LogP contribution in [0.4, 0.5) is 0 Å². The lowest BCUT2D eigenvalue weighted by Gasteiger charge is -2.10. The predicted octanol–water partition coefficient (Wildman–Crippen LogP) is 4.65. The van der Waals surface area contributed by atoms with Gasteiger partial charge in [0.25, 0.3) is 5.56 Å². The molecule has 0 radical (unpaired) electrons. The van der Waals surface area contributed by atoms with E-state index in [2.05, 4.69) is 10.2 Å². The second-order valence-electron chi connectivity index (χ2n) is 4.45. The van der Waals surface area contributed by atoms with Gasteiger partial charge in [-0.1, -0.05) is 48.7 Å². The first-order valence-corrected chi connectivity index (χ1v) is 6.94. The second-order valence-corrected chi connectivity index (χ2v) is 5.70. The number of ether oxygens (including phenoxy) is 1. The molecule has 2 rings (SSSR count). The van der Waals surface area contributed by atoms with Crippen LogP contribution in [0.3, 0.4) is 0 Å². The third-order valence-electron chi connectivity index (χ3n) is 2.60. The molecule has 4 nitrogen and oxygen atoms in total. The highest BCUT2D eigenvalue weighted by molar-refractivity contribution is 6.40. The van der Waals surface area contributed by atoms with Crippen LogP contribution in [0.5, 0.6) is 11.6 Å². The first kappa shape index (κ1) is 15.2. The molecule has 0 unspecified atom stereocenters. The molecular formula is C13H11Cl3N2O2. The summed E-state index contributed by atoms with van der Waals surface area (Å²) in [7, 11) is 0. The molecule has 0 amide bonds. The minimum absolute atomic E-state index is 0.0419. The van der Waals surface area contributed by atoms with Crippen molar-refractivity contribution in [2.24, 2.45) is 0 Å². The quantitative estimate of drug-likeness (QED) is 0.889. The number of nitrogens with one attached hydrogen (secondary N) is 1. The van der Waals surface area contributed by atoms with Crippen LogP contribution in [0.15, 0.2) is 23.0 Å². The maximum Gasteiger partial charge on any atom is 0.267 e. The third kappa shape index (κ3) is 3.26. The Kier molecular flexibility index (Phi) is 4.58. The molecule has 0 aliphatic heterocycles. The lowest BCUT2D eigenvalue weighted by atomic mass is 10.1. The van der Waals surface area contributed by atoms with Crippen LogP contribution in [0.25, 0.3) is 0 Å². The maximum atomic E-state index is 11.6. The molecule has 0 saturated heterocycles. The van der Waals surface area contributed by atoms with E-state index >= 15 is 0 Å². The molecule has 0 fully saturated rings. The Balaban J connectivity index is 2.41. The van der Waals surface area contributed by atoms with Gasteiger partial charge in [-0.2, -0.15) is 0 Å². The lowest BCUT2D eigenvalue weighted by molar-refractivity contribution is 0.452. The van der Waals surface area contributed by atoms with Crippen molar-refractivity contribution < 1.29 is 4.74 Å². The van der Waals surface area contributed by atoms with Crippen LogP contribution in [-0.2, 0) is 0 Å². The van der Waals surface area contributed by atoms with Crippen molar-refractivity contribution in [2.75, 3.05) is 0 Å². The fourth-order valence-corrected chi connectivity index (χ4v) is 2.51. The number of halogens is 3. The fourth-order valence-electron chi connectivity index (χ4n) is 1.61. The van der Waals surface area contributed by atoms with E-state index in [9.17, 15) is 4.79 Å². The topological polar surface area (TPSA) is 55.0 Å². The van der Waals surface area contributed by atoms with Crippen molar-refractivity contribution >= 4 is 34.8 Å². The standard InChI is InChI=1S/C13H11Cl3N2O2/c1-6(2)8-5-11(17-18-13(8)19)20-12-9(15)3-7(14)4-10(12)16/h3-6H,1-2H3,(H,18,19). The molecule has 1 aromatic heterocycles. The van der Waals surface area contributed by atoms with Gasteiger partial charge in [0, 0.05) is 16.7 Å². The van der Waals surface area contributed by atoms with Gasteiger partial charge in [-0.25, -0.2) is 5.10 Å². The summed E-state index contributed by atoms with van der Waals surface area (Å²) in [4.78, 5) is 11.6. The summed E-state index contributed by atoms with van der Waals surface area (Å²) in [5, 5.41) is 7.13. The normalized spacial score (nSPS) is 10.9. The van der Waals surface area contributed by atoms with Gasteiger partial charge in [-0.3, -0.25) is 4.79 Å². The molecule has 7 heteroatoms. The lowest BCUT2D eigenvalue weighted by Crippen LogP contribution is -2.15. The average molecular weight is 334 g/mol. The zero-order valence-electron chi connectivity index (χ0n) is 10.7. The zero-order chi connectivity index (χ0) is 14.9. The molecule has 20 heavy (non-hydrogen) atoms. The van der Waals surface area contributed by atoms with Crippen LogP contribution in [0, 0.1) is 0 Å². The SMILES string of the molecule is CC(C)c1cc(Oc2c(Cl)cc(Cl)cc2Cl)n[nH]c1=O. The Morgan fingerprint density at radius 2 is 1.75 bits per heavy atom. The molecule has 0 spiro atoms. The number of H-pyrrole nitrogens is 1. The molecule has 0 aliphatic rings. The van der Waals surface area contributed by atoms with Crippen molar-refractivity contribution in [1.29, 1.82) is 0 Å². The summed E-state index contributed by atoms with van der Waals surface area (Å²) in [5.41, 5.74) is 0.317. The van der Waals surface area contributed by atoms with Gasteiger partial charge in [0.05, 0.1) is 10.0 Å². The molecule has 0 aliphatic carbocycles. The third-order valence-corrected chi connectivity index (χ3v) is 3.38. The summed E-state index contributed by atoms with van der Waals surface area (Å²) < 4.78 is 5.54. The summed E-state index contributed by atoms with van der Waals surface area (Å²) in [5.74, 6) is 0.492. The van der Waals surface area contributed by atoms with E-state index < -0.39 is 0 Å². The van der Waals surface area contributed by atoms with Crippen molar-refractivity contribution in [3.63, 3.8) is 0 Å². The maximum absolute atomic E-state index is 11.6. The first-order valence-electron chi connectivity index (χ1n) is 5.80. The van der Waals surface area contributed by atoms with E-state index in [4.69, 9.17) is 39.5 Å². The fraction of sp³-hybridized carbons (Fsp3) is 0.231. The van der Waals surface area contributed by atoms with E-state index in [1.54, 1.807) is 6.07 Å². The molecule has 2 aromatic rings. The zero-order valence-corrected chi connectivity index (χ0v) is 13.0. The number of nitrogens with zero attached hydrogens (tertiary/aromatic N) is 1. The van der Waals surface area contributed by atoms with Crippen molar-refractivity contribution in [3.05, 3.63) is 49.2 Å². The molecule has 0 atom stereocenters. The number of aromatic amines is 1. The summed E-state index contributed by atoms with van der Waals surface area (Å²) in [6.07, 6.45) is 0. The second kappa shape index (κ2) is 6.04. The van der Waals surface area contributed by atoms with E-state index in [0.29, 0.717) is 10.6 Å². The molecule has 1 N–H and O–H groups in total. The minimum Gasteiger partial charge on any atom is -0.434 e. The Bertz CT molecular complexity index is 675. The van der Waals surface area contributed by atoms with Gasteiger partial charge in [-0.15, -0.1) is 5.10 Å². The highest BCUT2D eigenvalue weighted by Crippen LogP contribution is 2.38. The minimum atomic E-state index is -0.249. The molecule has 106 valence electrons. The van der Waals surface area contributed by atoms with Gasteiger partial charge in [-0.05, 0) is 18.1 Å². The smallest absolute Gasteiger partial charge is 0.267 e. The Labute approximate surface area is 130 Å². The van der Waals surface area contributed by atoms with E-state index in [1.165, 1.54) is 12.1 Å². The monoisotopic (exact) mass is 332 g/mol. The molecule has 1 heterocycles. The predicted molar refractivity (Wildman–Crippen MR) is 80.5 cm³/mol. The van der Waals surface area contributed by atoms with Crippen molar-refractivity contribution in [1.82, 2.24) is 10.2 Å². The van der Waals surface area contributed by atoms with Crippen LogP contribution < -0.4 is 10.3 Å². The first-order chi connectivity index (χ1) is 9.38. The van der Waals surface area contributed by atoms with E-state index in [1.807, 2.05) is 13.8 Å². The van der Waals surface area contributed by atoms with Crippen LogP contribution >= 0.6 is 34.8 Å². The molecular weight excluding hydrogens is 323 g/mol. The number of aromatic nitrogens is 2. The number of rotatable bonds is 3. The van der Waals surface area contributed by atoms with Gasteiger partial charge in [0.2, 0.25) is 5.88 Å². The Morgan fingerprint density at radius 3 is 2.30 bits per heavy atom. The highest BCUT2D eigenvalue weighted by atomic mass is 35.5. The number of hydrogen-bond acceptors (Lipinski definition) is 3. The van der Waals surface area contributed by atoms with E-state index in [0.717, 1.165) is 0 Å². The summed E-state index contributed by atoms with van der Waals surface area (Å²) in [6, 6.07) is 4.59. The number of benzene rings is 1. The molecule has 0 bridgehead atoms. The van der Waals surface area contributed by atoms with Crippen LogP contribution in [0.2, 0.25) is 15.1 Å². The van der Waals surface area contributed by atoms with Crippen molar-refractivity contribution in [3.8, 4) is 11.6 Å². The Morgan fingerprint density at radius 1 is 1.15 bits per heavy atom. The van der Waals surface area contributed by atoms with Gasteiger partial charge < -0.3 is 4.74 Å². The summed E-state index contributed by atoms with van der Waals surface area (Å²) in [6.45, 7) is 3.80. The Hall–Kier alpha value is -1.23. The largest absolute Gasteiger partial charge is 0.434 e. The average Bonchev–Trinajstić information content (AvgIpc) is 2.35. The van der Waals surface area contributed by atoms with Crippen molar-refractivity contribution in [2.45, 2.75) is 19.8 Å². The highest BCUT2D eigenvalue weighted by Gasteiger charge is 2.13. The summed E-state index contributed by atoms with van der Waals surface area (Å²) >= 11 is 17.9. The molecule has 1 aromatic carbocycles. The van der Waals surface area contributed by atoms with Crippen LogP contribution in [0.1, 0.15) is 25.3 Å². The molecule has 0 saturated carbocycles. The van der Waals surface area contributed by atoms with E-state index in [-0.39, 0.29) is 33.2 Å².